The van der Waals surface area contributed by atoms with E-state index in [9.17, 15) is 14.9 Å². The Labute approximate surface area is 98.9 Å². The van der Waals surface area contributed by atoms with E-state index in [1.807, 2.05) is 6.92 Å². The molecule has 0 heterocycles. The van der Waals surface area contributed by atoms with Crippen LogP contribution in [0, 0.1) is 17.0 Å². The Kier molecular flexibility index (Phi) is 4.39. The highest BCUT2D eigenvalue weighted by atomic mass is 16.6. The number of nitro groups is 1. The van der Waals surface area contributed by atoms with Crippen LogP contribution < -0.4 is 0 Å². The molecule has 1 aromatic rings. The van der Waals surface area contributed by atoms with Gasteiger partial charge in [0.15, 0.2) is 0 Å². The number of nitro benzene ring substituents is 1. The van der Waals surface area contributed by atoms with Crippen LogP contribution in [0.3, 0.4) is 0 Å². The number of ether oxygens (including phenoxy) is 1. The predicted octanol–water partition coefficient (Wildman–Crippen LogP) is 2.48. The fourth-order valence-corrected chi connectivity index (χ4v) is 1.32. The zero-order valence-corrected chi connectivity index (χ0v) is 9.67. The maximum absolute atomic E-state index is 11.1. The average molecular weight is 235 g/mol. The molecule has 0 spiro atoms. The highest BCUT2D eigenvalue weighted by molar-refractivity contribution is 5.87. The minimum absolute atomic E-state index is 0.0313. The van der Waals surface area contributed by atoms with Gasteiger partial charge in [0.1, 0.15) is 0 Å². The molecule has 0 atom stereocenters. The Balaban J connectivity index is 3.00. The first-order valence-corrected chi connectivity index (χ1v) is 5.14. The third-order valence-electron chi connectivity index (χ3n) is 2.07. The van der Waals surface area contributed by atoms with Crippen molar-refractivity contribution in [3.8, 4) is 0 Å². The molecule has 0 saturated heterocycles. The van der Waals surface area contributed by atoms with Gasteiger partial charge in [-0.2, -0.15) is 0 Å². The molecule has 17 heavy (non-hydrogen) atoms. The first kappa shape index (κ1) is 12.9. The summed E-state index contributed by atoms with van der Waals surface area (Å²) in [5.74, 6) is -0.511. The number of carbonyl (C=O) groups is 1. The van der Waals surface area contributed by atoms with Gasteiger partial charge < -0.3 is 4.74 Å². The summed E-state index contributed by atoms with van der Waals surface area (Å²) in [6, 6.07) is 4.72. The predicted molar refractivity (Wildman–Crippen MR) is 63.5 cm³/mol. The molecule has 5 heteroatoms. The number of hydrogen-bond donors (Lipinski definition) is 0. The van der Waals surface area contributed by atoms with Gasteiger partial charge in [0.25, 0.3) is 5.69 Å². The van der Waals surface area contributed by atoms with Crippen LogP contribution in [0.2, 0.25) is 0 Å². The van der Waals surface area contributed by atoms with Crippen LogP contribution in [0.15, 0.2) is 24.3 Å². The van der Waals surface area contributed by atoms with E-state index < -0.39 is 10.9 Å². The molecule has 0 radical (unpaired) electrons. The molecule has 0 saturated carbocycles. The summed E-state index contributed by atoms with van der Waals surface area (Å²) in [5.41, 5.74) is 1.25. The molecule has 1 aromatic carbocycles. The van der Waals surface area contributed by atoms with Gasteiger partial charge in [-0.15, -0.1) is 0 Å². The number of esters is 1. The van der Waals surface area contributed by atoms with Crippen LogP contribution >= 0.6 is 0 Å². The third kappa shape index (κ3) is 3.71. The summed E-state index contributed by atoms with van der Waals surface area (Å²) < 4.78 is 4.70. The molecule has 5 nitrogen and oxygen atoms in total. The van der Waals surface area contributed by atoms with Crippen LogP contribution in [0.25, 0.3) is 6.08 Å². The van der Waals surface area contributed by atoms with Crippen molar-refractivity contribution in [2.75, 3.05) is 6.61 Å². The fourth-order valence-electron chi connectivity index (χ4n) is 1.32. The molecule has 0 aliphatic rings. The van der Waals surface area contributed by atoms with Gasteiger partial charge in [0.2, 0.25) is 0 Å². The van der Waals surface area contributed by atoms with Crippen LogP contribution in [0.5, 0.6) is 0 Å². The molecule has 0 aliphatic heterocycles. The molecule has 0 N–H and O–H groups in total. The Bertz CT molecular complexity index is 466. The molecule has 0 aliphatic carbocycles. The lowest BCUT2D eigenvalue weighted by Crippen LogP contribution is -1.99. The number of nitrogens with zero attached hydrogens (tertiary/aromatic N) is 1. The van der Waals surface area contributed by atoms with Gasteiger partial charge in [-0.25, -0.2) is 4.79 Å². The van der Waals surface area contributed by atoms with Crippen LogP contribution in [0.4, 0.5) is 5.69 Å². The lowest BCUT2D eigenvalue weighted by atomic mass is 10.1. The summed E-state index contributed by atoms with van der Waals surface area (Å²) in [6.45, 7) is 3.80. The van der Waals surface area contributed by atoms with E-state index in [-0.39, 0.29) is 12.3 Å². The molecular weight excluding hydrogens is 222 g/mol. The largest absolute Gasteiger partial charge is 0.463 e. The Morgan fingerprint density at radius 1 is 1.53 bits per heavy atom. The topological polar surface area (TPSA) is 69.4 Å². The molecular formula is C12H13NO4. The molecule has 90 valence electrons. The zero-order chi connectivity index (χ0) is 12.8. The zero-order valence-electron chi connectivity index (χ0n) is 9.67. The summed E-state index contributed by atoms with van der Waals surface area (Å²) in [6.07, 6.45) is 2.58. The van der Waals surface area contributed by atoms with Crippen LogP contribution in [-0.2, 0) is 9.53 Å². The molecule has 0 amide bonds. The van der Waals surface area contributed by atoms with E-state index in [4.69, 9.17) is 4.74 Å². The number of rotatable bonds is 4. The molecule has 0 aromatic heterocycles. The monoisotopic (exact) mass is 235 g/mol. The third-order valence-corrected chi connectivity index (χ3v) is 2.07. The summed E-state index contributed by atoms with van der Waals surface area (Å²) >= 11 is 0. The van der Waals surface area contributed by atoms with Crippen LogP contribution in [-0.4, -0.2) is 17.5 Å². The Morgan fingerprint density at radius 2 is 2.24 bits per heavy atom. The van der Waals surface area contributed by atoms with Gasteiger partial charge in [-0.05, 0) is 26.0 Å². The van der Waals surface area contributed by atoms with Crippen molar-refractivity contribution < 1.29 is 14.5 Å². The summed E-state index contributed by atoms with van der Waals surface area (Å²) in [4.78, 5) is 21.4. The second kappa shape index (κ2) is 5.79. The van der Waals surface area contributed by atoms with Crippen LogP contribution in [0.1, 0.15) is 18.1 Å². The quantitative estimate of drug-likeness (QED) is 0.348. The van der Waals surface area contributed by atoms with Crippen molar-refractivity contribution in [3.63, 3.8) is 0 Å². The van der Waals surface area contributed by atoms with Gasteiger partial charge in [-0.3, -0.25) is 10.1 Å². The van der Waals surface area contributed by atoms with Gasteiger partial charge in [0.05, 0.1) is 17.1 Å². The number of aryl methyl sites for hydroxylation is 1. The van der Waals surface area contributed by atoms with E-state index in [0.29, 0.717) is 5.56 Å². The fraction of sp³-hybridized carbons (Fsp3) is 0.250. The van der Waals surface area contributed by atoms with Crippen molar-refractivity contribution in [3.05, 3.63) is 45.5 Å². The lowest BCUT2D eigenvalue weighted by molar-refractivity contribution is -0.385. The van der Waals surface area contributed by atoms with Crippen molar-refractivity contribution in [1.82, 2.24) is 0 Å². The Hall–Kier alpha value is -2.17. The number of carbonyl (C=O) groups excluding carboxylic acids is 1. The highest BCUT2D eigenvalue weighted by Gasteiger charge is 2.11. The number of benzene rings is 1. The van der Waals surface area contributed by atoms with E-state index in [2.05, 4.69) is 0 Å². The molecule has 1 rings (SSSR count). The van der Waals surface area contributed by atoms with Crippen molar-refractivity contribution in [1.29, 1.82) is 0 Å². The normalized spacial score (nSPS) is 10.5. The SMILES string of the molecule is CCOC(=O)C=Cc1cc(C)ccc1[N+](=O)[O-]. The first-order valence-electron chi connectivity index (χ1n) is 5.14. The maximum atomic E-state index is 11.1. The van der Waals surface area contributed by atoms with Crippen molar-refractivity contribution in [2.24, 2.45) is 0 Å². The molecule has 0 bridgehead atoms. The molecule has 0 unspecified atom stereocenters. The van der Waals surface area contributed by atoms with Gasteiger partial charge in [-0.1, -0.05) is 11.6 Å². The number of hydrogen-bond acceptors (Lipinski definition) is 4. The minimum Gasteiger partial charge on any atom is -0.463 e. The van der Waals surface area contributed by atoms with Crippen molar-refractivity contribution in [2.45, 2.75) is 13.8 Å². The lowest BCUT2D eigenvalue weighted by Gasteiger charge is -1.99. The van der Waals surface area contributed by atoms with Gasteiger partial charge >= 0.3 is 5.97 Å². The minimum atomic E-state index is -0.511. The smallest absolute Gasteiger partial charge is 0.330 e. The highest BCUT2D eigenvalue weighted by Crippen LogP contribution is 2.21. The maximum Gasteiger partial charge on any atom is 0.330 e. The van der Waals surface area contributed by atoms with E-state index in [1.54, 1.807) is 19.1 Å². The summed E-state index contributed by atoms with van der Waals surface area (Å²) in [5, 5.41) is 10.8. The van der Waals surface area contributed by atoms with E-state index in [1.165, 1.54) is 18.2 Å². The average Bonchev–Trinajstić information content (AvgIpc) is 2.26. The Morgan fingerprint density at radius 3 is 2.82 bits per heavy atom. The summed E-state index contributed by atoms with van der Waals surface area (Å²) in [7, 11) is 0. The molecule has 0 fully saturated rings. The first-order chi connectivity index (χ1) is 8.04. The second-order valence-electron chi connectivity index (χ2n) is 3.40. The van der Waals surface area contributed by atoms with E-state index >= 15 is 0 Å². The van der Waals surface area contributed by atoms with E-state index in [0.717, 1.165) is 5.56 Å². The second-order valence-corrected chi connectivity index (χ2v) is 3.40. The standard InChI is InChI=1S/C12H13NO4/c1-3-17-12(14)7-5-10-8-9(2)4-6-11(10)13(15)16/h4-8H,3H2,1-2H3. The van der Waals surface area contributed by atoms with Crippen molar-refractivity contribution >= 4 is 17.7 Å². The van der Waals surface area contributed by atoms with Gasteiger partial charge in [0, 0.05) is 12.1 Å².